The van der Waals surface area contributed by atoms with Gasteiger partial charge in [0.2, 0.25) is 0 Å². The quantitative estimate of drug-likeness (QED) is 0.535. The summed E-state index contributed by atoms with van der Waals surface area (Å²) in [7, 11) is 0. The zero-order valence-electron chi connectivity index (χ0n) is 14.0. The Balaban J connectivity index is 1.82. The molecule has 0 radical (unpaired) electrons. The number of fused-ring (bicyclic) bond motifs is 1. The summed E-state index contributed by atoms with van der Waals surface area (Å²) in [5, 5.41) is 9.89. The van der Waals surface area contributed by atoms with Crippen molar-refractivity contribution in [1.29, 1.82) is 0 Å². The normalized spacial score (nSPS) is 19.5. The second-order valence-corrected chi connectivity index (χ2v) is 7.04. The van der Waals surface area contributed by atoms with Crippen LogP contribution in [0.1, 0.15) is 30.7 Å². The molecule has 1 aromatic heterocycles. The molecule has 0 aliphatic heterocycles. The molecule has 1 saturated carbocycles. The van der Waals surface area contributed by atoms with Gasteiger partial charge in [-0.15, -0.1) is 0 Å². The molecular weight excluding hydrogens is 339 g/mol. The first-order valence-electron chi connectivity index (χ1n) is 8.55. The maximum absolute atomic E-state index is 14.3. The third-order valence-corrected chi connectivity index (χ3v) is 5.17. The van der Waals surface area contributed by atoms with Crippen LogP contribution in [0.15, 0.2) is 48.7 Å². The average Bonchev–Trinajstić information content (AvgIpc) is 2.90. The monoisotopic (exact) mass is 357 g/mol. The van der Waals surface area contributed by atoms with Gasteiger partial charge in [0.15, 0.2) is 0 Å². The van der Waals surface area contributed by atoms with Crippen molar-refractivity contribution in [3.05, 3.63) is 71.8 Å². The fourth-order valence-electron chi connectivity index (χ4n) is 3.98. The Morgan fingerprint density at radius 3 is 2.42 bits per heavy atom. The number of nitrogens with one attached hydrogen (secondary N) is 1. The summed E-state index contributed by atoms with van der Waals surface area (Å²) in [6.45, 7) is 3.53. The van der Waals surface area contributed by atoms with Crippen LogP contribution in [0.5, 0.6) is 0 Å². The molecule has 2 N–H and O–H groups in total. The van der Waals surface area contributed by atoms with Crippen molar-refractivity contribution in [1.82, 2.24) is 4.98 Å². The highest BCUT2D eigenvalue weighted by molar-refractivity contribution is 5.92. The fraction of sp³-hybridized carbons (Fsp3) is 0.238. The molecule has 134 valence electrons. The van der Waals surface area contributed by atoms with Gasteiger partial charge in [-0.1, -0.05) is 6.58 Å². The Morgan fingerprint density at radius 1 is 1.08 bits per heavy atom. The second kappa shape index (κ2) is 6.24. The lowest BCUT2D eigenvalue weighted by molar-refractivity contribution is 0.232. The molecule has 4 rings (SSSR count). The van der Waals surface area contributed by atoms with E-state index >= 15 is 0 Å². The summed E-state index contributed by atoms with van der Waals surface area (Å²) in [5.74, 6) is -1.04. The molecule has 0 amide bonds. The molecule has 0 saturated heterocycles. The van der Waals surface area contributed by atoms with Gasteiger partial charge < -0.3 is 10.1 Å². The van der Waals surface area contributed by atoms with E-state index in [1.165, 1.54) is 18.2 Å². The molecule has 0 atom stereocenters. The van der Waals surface area contributed by atoms with Crippen molar-refractivity contribution < 1.29 is 18.3 Å². The van der Waals surface area contributed by atoms with Gasteiger partial charge in [0, 0.05) is 17.9 Å². The number of aromatic amines is 1. The standard InChI is InChI=1S/C21H18F3NO/c1-11(26)6-12-7-14(8-12)19-17-9-16(23)10-18(24)21(17)25-20(19)13-2-4-15(22)5-3-13/h2-5,9-10,12,14,25-26H,1,6-8H2. The lowest BCUT2D eigenvalue weighted by Crippen LogP contribution is -2.22. The number of benzene rings is 2. The predicted molar refractivity (Wildman–Crippen MR) is 95.5 cm³/mol. The molecule has 5 heteroatoms. The molecular formula is C21H18F3NO. The molecule has 3 aromatic rings. The molecule has 2 aromatic carbocycles. The summed E-state index contributed by atoms with van der Waals surface area (Å²) in [4.78, 5) is 3.07. The molecule has 1 fully saturated rings. The molecule has 0 spiro atoms. The van der Waals surface area contributed by atoms with Crippen molar-refractivity contribution in [3.63, 3.8) is 0 Å². The average molecular weight is 357 g/mol. The zero-order chi connectivity index (χ0) is 18.4. The number of rotatable bonds is 4. The number of aliphatic hydroxyl groups excluding tert-OH is 1. The Labute approximate surface area is 149 Å². The van der Waals surface area contributed by atoms with Crippen LogP contribution in [-0.4, -0.2) is 10.1 Å². The number of aliphatic hydroxyl groups is 1. The summed E-state index contributed by atoms with van der Waals surface area (Å²) in [6, 6.07) is 8.15. The molecule has 2 nitrogen and oxygen atoms in total. The number of hydrogen-bond acceptors (Lipinski definition) is 1. The zero-order valence-corrected chi connectivity index (χ0v) is 14.0. The van der Waals surface area contributed by atoms with E-state index in [1.54, 1.807) is 12.1 Å². The van der Waals surface area contributed by atoms with E-state index in [4.69, 9.17) is 0 Å². The largest absolute Gasteiger partial charge is 0.513 e. The number of allylic oxidation sites excluding steroid dienone is 1. The molecule has 1 aliphatic rings. The first-order valence-corrected chi connectivity index (χ1v) is 8.55. The minimum absolute atomic E-state index is 0.120. The van der Waals surface area contributed by atoms with Crippen LogP contribution in [0.25, 0.3) is 22.2 Å². The minimum Gasteiger partial charge on any atom is -0.513 e. The summed E-state index contributed by atoms with van der Waals surface area (Å²) < 4.78 is 41.4. The van der Waals surface area contributed by atoms with E-state index in [1.807, 2.05) is 0 Å². The third-order valence-electron chi connectivity index (χ3n) is 5.17. The smallest absolute Gasteiger partial charge is 0.150 e. The van der Waals surface area contributed by atoms with Gasteiger partial charge in [-0.2, -0.15) is 0 Å². The van der Waals surface area contributed by atoms with Crippen LogP contribution >= 0.6 is 0 Å². The molecule has 1 aliphatic carbocycles. The highest BCUT2D eigenvalue weighted by Gasteiger charge is 2.34. The molecule has 1 heterocycles. The topological polar surface area (TPSA) is 36.0 Å². The minimum atomic E-state index is -0.644. The van der Waals surface area contributed by atoms with E-state index in [0.717, 1.165) is 30.0 Å². The van der Waals surface area contributed by atoms with Crippen LogP contribution in [-0.2, 0) is 0 Å². The fourth-order valence-corrected chi connectivity index (χ4v) is 3.98. The van der Waals surface area contributed by atoms with Gasteiger partial charge in [0.1, 0.15) is 17.5 Å². The molecule has 26 heavy (non-hydrogen) atoms. The predicted octanol–water partition coefficient (Wildman–Crippen LogP) is 6.21. The molecule has 0 unspecified atom stereocenters. The highest BCUT2D eigenvalue weighted by atomic mass is 19.1. The van der Waals surface area contributed by atoms with Gasteiger partial charge in [0.05, 0.1) is 17.0 Å². The summed E-state index contributed by atoms with van der Waals surface area (Å²) >= 11 is 0. The first kappa shape index (κ1) is 16.8. The van der Waals surface area contributed by atoms with E-state index in [-0.39, 0.29) is 23.0 Å². The van der Waals surface area contributed by atoms with E-state index in [9.17, 15) is 18.3 Å². The molecule has 0 bridgehead atoms. The van der Waals surface area contributed by atoms with Crippen LogP contribution < -0.4 is 0 Å². The van der Waals surface area contributed by atoms with Crippen molar-refractivity contribution in [2.75, 3.05) is 0 Å². The van der Waals surface area contributed by atoms with E-state index in [2.05, 4.69) is 11.6 Å². The lowest BCUT2D eigenvalue weighted by Gasteiger charge is -2.36. The van der Waals surface area contributed by atoms with Gasteiger partial charge in [0.25, 0.3) is 0 Å². The first-order chi connectivity index (χ1) is 12.4. The van der Waals surface area contributed by atoms with Crippen molar-refractivity contribution in [2.24, 2.45) is 5.92 Å². The van der Waals surface area contributed by atoms with Crippen LogP contribution in [0.2, 0.25) is 0 Å². The van der Waals surface area contributed by atoms with Gasteiger partial charge in [-0.05, 0) is 66.1 Å². The van der Waals surface area contributed by atoms with Gasteiger partial charge in [-0.3, -0.25) is 0 Å². The second-order valence-electron chi connectivity index (χ2n) is 7.04. The van der Waals surface area contributed by atoms with Crippen molar-refractivity contribution in [2.45, 2.75) is 25.2 Å². The lowest BCUT2D eigenvalue weighted by atomic mass is 9.69. The van der Waals surface area contributed by atoms with Gasteiger partial charge in [-0.25, -0.2) is 13.2 Å². The summed E-state index contributed by atoms with van der Waals surface area (Å²) in [5.41, 5.74) is 2.53. The number of halogens is 3. The maximum Gasteiger partial charge on any atom is 0.150 e. The summed E-state index contributed by atoms with van der Waals surface area (Å²) in [6.07, 6.45) is 2.14. The Hall–Kier alpha value is -2.69. The highest BCUT2D eigenvalue weighted by Crippen LogP contribution is 2.49. The Morgan fingerprint density at radius 2 is 1.77 bits per heavy atom. The van der Waals surface area contributed by atoms with Crippen LogP contribution in [0, 0.1) is 23.4 Å². The SMILES string of the molecule is C=C(O)CC1CC(c2c(-c3ccc(F)cc3)[nH]c3c(F)cc(F)cc23)C1. The number of hydrogen-bond donors (Lipinski definition) is 2. The van der Waals surface area contributed by atoms with E-state index < -0.39 is 11.6 Å². The Bertz CT molecular complexity index is 985. The van der Waals surface area contributed by atoms with Crippen LogP contribution in [0.3, 0.4) is 0 Å². The Kier molecular flexibility index (Phi) is 4.02. The van der Waals surface area contributed by atoms with Gasteiger partial charge >= 0.3 is 0 Å². The van der Waals surface area contributed by atoms with Crippen molar-refractivity contribution in [3.8, 4) is 11.3 Å². The maximum atomic E-state index is 14.3. The number of H-pyrrole nitrogens is 1. The third kappa shape index (κ3) is 2.87. The van der Waals surface area contributed by atoms with Crippen LogP contribution in [0.4, 0.5) is 13.2 Å². The number of aromatic nitrogens is 1. The van der Waals surface area contributed by atoms with Crippen molar-refractivity contribution >= 4 is 10.9 Å². The van der Waals surface area contributed by atoms with E-state index in [0.29, 0.717) is 23.4 Å².